The lowest BCUT2D eigenvalue weighted by Gasteiger charge is -2.34. The smallest absolute Gasteiger partial charge is 0.0134 e. The average molecular weight is 196 g/mol. The van der Waals surface area contributed by atoms with Crippen molar-refractivity contribution in [2.24, 2.45) is 5.92 Å². The van der Waals surface area contributed by atoms with Gasteiger partial charge in [0, 0.05) is 12.6 Å². The fraction of sp³-hybridized carbons (Fsp3) is 0.833. The third kappa shape index (κ3) is 3.43. The molecule has 0 aliphatic carbocycles. The van der Waals surface area contributed by atoms with Crippen molar-refractivity contribution in [3.63, 3.8) is 0 Å². The van der Waals surface area contributed by atoms with Gasteiger partial charge in [-0.05, 0) is 45.3 Å². The fourth-order valence-electron chi connectivity index (χ4n) is 2.21. The van der Waals surface area contributed by atoms with Crippen LogP contribution in [0.15, 0.2) is 12.7 Å². The predicted octanol–water partition coefficient (Wildman–Crippen LogP) is 1.88. The lowest BCUT2D eigenvalue weighted by Crippen LogP contribution is -2.41. The number of likely N-dealkylation sites (tertiary alicyclic amines) is 1. The quantitative estimate of drug-likeness (QED) is 0.675. The summed E-state index contributed by atoms with van der Waals surface area (Å²) in [6.45, 7) is 13.0. The van der Waals surface area contributed by atoms with E-state index in [4.69, 9.17) is 0 Å². The molecule has 0 aromatic heterocycles. The topological polar surface area (TPSA) is 15.3 Å². The average Bonchev–Trinajstić information content (AvgIpc) is 2.26. The molecular formula is C12H24N2. The molecule has 1 aliphatic heterocycles. The van der Waals surface area contributed by atoms with Crippen LogP contribution in [0.1, 0.15) is 26.7 Å². The first-order valence-corrected chi connectivity index (χ1v) is 5.84. The first-order chi connectivity index (χ1) is 6.77. The maximum atomic E-state index is 3.73. The van der Waals surface area contributed by atoms with Gasteiger partial charge in [0.25, 0.3) is 0 Å². The van der Waals surface area contributed by atoms with E-state index in [9.17, 15) is 0 Å². The summed E-state index contributed by atoms with van der Waals surface area (Å²) in [7, 11) is 0. The summed E-state index contributed by atoms with van der Waals surface area (Å²) in [5, 5.41) is 3.50. The zero-order valence-electron chi connectivity index (χ0n) is 9.63. The molecule has 1 atom stereocenters. The molecule has 82 valence electrons. The van der Waals surface area contributed by atoms with Crippen molar-refractivity contribution >= 4 is 0 Å². The zero-order valence-corrected chi connectivity index (χ0v) is 9.63. The number of hydrogen-bond donors (Lipinski definition) is 1. The van der Waals surface area contributed by atoms with Gasteiger partial charge in [-0.25, -0.2) is 0 Å². The van der Waals surface area contributed by atoms with Crippen LogP contribution < -0.4 is 5.32 Å². The van der Waals surface area contributed by atoms with Crippen LogP contribution in [0.2, 0.25) is 0 Å². The highest BCUT2D eigenvalue weighted by atomic mass is 15.1. The Kier molecular flexibility index (Phi) is 5.20. The second-order valence-electron chi connectivity index (χ2n) is 4.26. The Morgan fingerprint density at radius 1 is 1.50 bits per heavy atom. The van der Waals surface area contributed by atoms with E-state index >= 15 is 0 Å². The molecule has 1 fully saturated rings. The lowest BCUT2D eigenvalue weighted by molar-refractivity contribution is 0.170. The Labute approximate surface area is 88.4 Å². The van der Waals surface area contributed by atoms with Gasteiger partial charge in [0.15, 0.2) is 0 Å². The molecule has 0 aromatic carbocycles. The third-order valence-electron chi connectivity index (χ3n) is 3.37. The van der Waals surface area contributed by atoms with E-state index in [2.05, 4.69) is 30.6 Å². The highest BCUT2D eigenvalue weighted by molar-refractivity contribution is 4.81. The number of rotatable bonds is 5. The molecule has 2 nitrogen and oxygen atoms in total. The van der Waals surface area contributed by atoms with Gasteiger partial charge in [-0.1, -0.05) is 13.0 Å². The van der Waals surface area contributed by atoms with Gasteiger partial charge in [0.05, 0.1) is 0 Å². The molecule has 1 unspecified atom stereocenters. The predicted molar refractivity (Wildman–Crippen MR) is 62.5 cm³/mol. The lowest BCUT2D eigenvalue weighted by atomic mass is 9.90. The van der Waals surface area contributed by atoms with Crippen molar-refractivity contribution in [3.05, 3.63) is 12.7 Å². The van der Waals surface area contributed by atoms with Gasteiger partial charge in [0.1, 0.15) is 0 Å². The Morgan fingerprint density at radius 2 is 2.14 bits per heavy atom. The normalized spacial score (nSPS) is 22.1. The van der Waals surface area contributed by atoms with Crippen LogP contribution in [0.5, 0.6) is 0 Å². The van der Waals surface area contributed by atoms with Gasteiger partial charge < -0.3 is 10.2 Å². The second kappa shape index (κ2) is 6.20. The molecule has 2 heteroatoms. The molecule has 14 heavy (non-hydrogen) atoms. The van der Waals surface area contributed by atoms with Crippen molar-refractivity contribution in [1.29, 1.82) is 0 Å². The van der Waals surface area contributed by atoms with Crippen molar-refractivity contribution < 1.29 is 0 Å². The molecule has 1 heterocycles. The van der Waals surface area contributed by atoms with Crippen LogP contribution in [0.4, 0.5) is 0 Å². The molecule has 0 amide bonds. The first kappa shape index (κ1) is 11.7. The summed E-state index contributed by atoms with van der Waals surface area (Å²) in [6, 6.07) is 0.645. The largest absolute Gasteiger partial charge is 0.311 e. The molecular weight excluding hydrogens is 172 g/mol. The van der Waals surface area contributed by atoms with E-state index in [1.807, 2.05) is 6.08 Å². The molecule has 0 radical (unpaired) electrons. The minimum absolute atomic E-state index is 0.645. The van der Waals surface area contributed by atoms with E-state index in [1.54, 1.807) is 0 Å². The van der Waals surface area contributed by atoms with E-state index in [-0.39, 0.29) is 0 Å². The number of nitrogens with one attached hydrogen (secondary N) is 1. The van der Waals surface area contributed by atoms with Crippen LogP contribution in [0.3, 0.4) is 0 Å². The molecule has 0 aromatic rings. The maximum absolute atomic E-state index is 3.73. The zero-order chi connectivity index (χ0) is 10.4. The highest BCUT2D eigenvalue weighted by Gasteiger charge is 2.22. The summed E-state index contributed by atoms with van der Waals surface area (Å²) < 4.78 is 0. The van der Waals surface area contributed by atoms with E-state index in [0.717, 1.165) is 12.5 Å². The molecule has 1 saturated heterocycles. The molecule has 1 rings (SSSR count). The van der Waals surface area contributed by atoms with Gasteiger partial charge in [0.2, 0.25) is 0 Å². The Bertz CT molecular complexity index is 160. The molecule has 1 N–H and O–H groups in total. The molecule has 1 aliphatic rings. The van der Waals surface area contributed by atoms with Gasteiger partial charge in [-0.2, -0.15) is 0 Å². The van der Waals surface area contributed by atoms with Gasteiger partial charge >= 0.3 is 0 Å². The minimum Gasteiger partial charge on any atom is -0.311 e. The molecule has 0 saturated carbocycles. The summed E-state index contributed by atoms with van der Waals surface area (Å²) in [4.78, 5) is 2.54. The number of piperidine rings is 1. The van der Waals surface area contributed by atoms with Crippen LogP contribution in [-0.2, 0) is 0 Å². The number of nitrogens with zero attached hydrogens (tertiary/aromatic N) is 1. The first-order valence-electron chi connectivity index (χ1n) is 5.84. The van der Waals surface area contributed by atoms with Gasteiger partial charge in [-0.3, -0.25) is 0 Å². The van der Waals surface area contributed by atoms with Crippen molar-refractivity contribution in [3.8, 4) is 0 Å². The Balaban J connectivity index is 2.22. The molecule has 0 bridgehead atoms. The Hall–Kier alpha value is -0.340. The van der Waals surface area contributed by atoms with E-state index in [1.165, 1.54) is 32.5 Å². The van der Waals surface area contributed by atoms with Crippen LogP contribution in [-0.4, -0.2) is 37.1 Å². The van der Waals surface area contributed by atoms with E-state index in [0.29, 0.717) is 6.04 Å². The minimum atomic E-state index is 0.645. The van der Waals surface area contributed by atoms with Crippen molar-refractivity contribution in [1.82, 2.24) is 10.2 Å². The van der Waals surface area contributed by atoms with Gasteiger partial charge in [-0.15, -0.1) is 6.58 Å². The Morgan fingerprint density at radius 3 is 2.64 bits per heavy atom. The second-order valence-corrected chi connectivity index (χ2v) is 4.26. The third-order valence-corrected chi connectivity index (χ3v) is 3.37. The summed E-state index contributed by atoms with van der Waals surface area (Å²) in [5.41, 5.74) is 0. The maximum Gasteiger partial charge on any atom is 0.0134 e. The number of hydrogen-bond acceptors (Lipinski definition) is 2. The van der Waals surface area contributed by atoms with Crippen LogP contribution >= 0.6 is 0 Å². The molecule has 0 spiro atoms. The standard InChI is InChI=1S/C12H24N2/c1-4-8-13-11(3)12-6-9-14(5-2)10-7-12/h4,11-13H,1,5-10H2,2-3H3. The highest BCUT2D eigenvalue weighted by Crippen LogP contribution is 2.20. The summed E-state index contributed by atoms with van der Waals surface area (Å²) in [6.07, 6.45) is 4.63. The van der Waals surface area contributed by atoms with Crippen molar-refractivity contribution in [2.45, 2.75) is 32.7 Å². The van der Waals surface area contributed by atoms with Crippen molar-refractivity contribution in [2.75, 3.05) is 26.2 Å². The van der Waals surface area contributed by atoms with Crippen LogP contribution in [0, 0.1) is 5.92 Å². The monoisotopic (exact) mass is 196 g/mol. The SMILES string of the molecule is C=CCNC(C)C1CCN(CC)CC1. The fourth-order valence-corrected chi connectivity index (χ4v) is 2.21. The summed E-state index contributed by atoms with van der Waals surface area (Å²) in [5.74, 6) is 0.859. The van der Waals surface area contributed by atoms with E-state index < -0.39 is 0 Å². The van der Waals surface area contributed by atoms with Crippen LogP contribution in [0.25, 0.3) is 0 Å². The summed E-state index contributed by atoms with van der Waals surface area (Å²) >= 11 is 0.